The van der Waals surface area contributed by atoms with Gasteiger partial charge in [0.1, 0.15) is 0 Å². The Hall–Kier alpha value is -1.58. The standard InChI is InChI=1S/C27H29Br2N/c1-25(2)23-16-15-22(17-24(23)26(3,4)27(25,5)6)30(20-11-7-18(28)8-12-20)21-13-9-19(29)10-14-21/h7-17H,1-6H3. The second-order valence-electron chi connectivity index (χ2n) is 9.89. The normalized spacial score (nSPS) is 18.1. The molecule has 0 aromatic heterocycles. The molecule has 0 saturated heterocycles. The molecule has 0 fully saturated rings. The summed E-state index contributed by atoms with van der Waals surface area (Å²) in [5, 5.41) is 0. The number of rotatable bonds is 3. The van der Waals surface area contributed by atoms with Crippen molar-refractivity contribution in [3.63, 3.8) is 0 Å². The van der Waals surface area contributed by atoms with Gasteiger partial charge >= 0.3 is 0 Å². The number of hydrogen-bond acceptors (Lipinski definition) is 1. The highest BCUT2D eigenvalue weighted by Gasteiger charge is 2.56. The second kappa shape index (κ2) is 7.24. The molecular weight excluding hydrogens is 498 g/mol. The first-order valence-electron chi connectivity index (χ1n) is 10.4. The van der Waals surface area contributed by atoms with Crippen molar-refractivity contribution in [3.8, 4) is 0 Å². The molecule has 4 rings (SSSR count). The molecule has 1 nitrogen and oxygen atoms in total. The van der Waals surface area contributed by atoms with Crippen molar-refractivity contribution >= 4 is 48.9 Å². The fourth-order valence-corrected chi connectivity index (χ4v) is 5.34. The molecule has 30 heavy (non-hydrogen) atoms. The molecule has 0 radical (unpaired) electrons. The lowest BCUT2D eigenvalue weighted by molar-refractivity contribution is 0.125. The van der Waals surface area contributed by atoms with Crippen LogP contribution in [0.2, 0.25) is 0 Å². The van der Waals surface area contributed by atoms with Crippen molar-refractivity contribution in [1.29, 1.82) is 0 Å². The lowest BCUT2D eigenvalue weighted by Crippen LogP contribution is -2.42. The van der Waals surface area contributed by atoms with Crippen LogP contribution >= 0.6 is 31.9 Å². The van der Waals surface area contributed by atoms with E-state index in [2.05, 4.69) is 145 Å². The highest BCUT2D eigenvalue weighted by molar-refractivity contribution is 9.10. The summed E-state index contributed by atoms with van der Waals surface area (Å²) in [4.78, 5) is 2.34. The molecule has 1 aliphatic carbocycles. The van der Waals surface area contributed by atoms with Crippen molar-refractivity contribution in [2.24, 2.45) is 5.41 Å². The summed E-state index contributed by atoms with van der Waals surface area (Å²) in [7, 11) is 0. The van der Waals surface area contributed by atoms with E-state index in [1.807, 2.05) is 0 Å². The maximum Gasteiger partial charge on any atom is 0.0464 e. The van der Waals surface area contributed by atoms with Crippen molar-refractivity contribution in [2.45, 2.75) is 52.4 Å². The first-order chi connectivity index (χ1) is 14.0. The molecule has 0 saturated carbocycles. The molecule has 3 aromatic carbocycles. The van der Waals surface area contributed by atoms with Crippen molar-refractivity contribution in [3.05, 3.63) is 86.8 Å². The summed E-state index contributed by atoms with van der Waals surface area (Å²) >= 11 is 7.14. The van der Waals surface area contributed by atoms with E-state index < -0.39 is 0 Å². The van der Waals surface area contributed by atoms with Gasteiger partial charge in [-0.3, -0.25) is 0 Å². The first-order valence-corrected chi connectivity index (χ1v) is 12.0. The van der Waals surface area contributed by atoms with Gasteiger partial charge < -0.3 is 4.90 Å². The third kappa shape index (κ3) is 3.17. The van der Waals surface area contributed by atoms with Crippen LogP contribution in [0.15, 0.2) is 75.7 Å². The molecule has 0 N–H and O–H groups in total. The Morgan fingerprint density at radius 1 is 0.533 bits per heavy atom. The van der Waals surface area contributed by atoms with Crippen LogP contribution in [0.5, 0.6) is 0 Å². The Morgan fingerprint density at radius 2 is 0.933 bits per heavy atom. The van der Waals surface area contributed by atoms with Crippen LogP contribution in [0.25, 0.3) is 0 Å². The van der Waals surface area contributed by atoms with Gasteiger partial charge in [0.05, 0.1) is 0 Å². The van der Waals surface area contributed by atoms with Gasteiger partial charge in [0.15, 0.2) is 0 Å². The monoisotopic (exact) mass is 525 g/mol. The van der Waals surface area contributed by atoms with Crippen LogP contribution in [0.3, 0.4) is 0 Å². The quantitative estimate of drug-likeness (QED) is 0.328. The molecule has 3 heteroatoms. The minimum absolute atomic E-state index is 0.0763. The summed E-state index contributed by atoms with van der Waals surface area (Å²) in [6.45, 7) is 14.4. The molecule has 1 aliphatic rings. The maximum absolute atomic E-state index is 3.57. The van der Waals surface area contributed by atoms with Gasteiger partial charge in [-0.25, -0.2) is 0 Å². The largest absolute Gasteiger partial charge is 0.310 e. The van der Waals surface area contributed by atoms with Crippen molar-refractivity contribution < 1.29 is 0 Å². The maximum atomic E-state index is 3.57. The van der Waals surface area contributed by atoms with Gasteiger partial charge in [0.25, 0.3) is 0 Å². The van der Waals surface area contributed by atoms with Crippen molar-refractivity contribution in [2.75, 3.05) is 4.90 Å². The SMILES string of the molecule is CC1(C)c2ccc(N(c3ccc(Br)cc3)c3ccc(Br)cc3)cc2C(C)(C)C1(C)C. The van der Waals surface area contributed by atoms with Gasteiger partial charge in [-0.2, -0.15) is 0 Å². The number of halogens is 2. The summed E-state index contributed by atoms with van der Waals surface area (Å²) in [5.74, 6) is 0. The second-order valence-corrected chi connectivity index (χ2v) is 11.7. The average Bonchev–Trinajstić information content (AvgIpc) is 2.80. The zero-order chi connectivity index (χ0) is 21.9. The third-order valence-corrected chi connectivity index (χ3v) is 8.96. The Balaban J connectivity index is 1.92. The summed E-state index contributed by atoms with van der Waals surface area (Å²) in [6.07, 6.45) is 0. The minimum atomic E-state index is 0.0763. The Labute approximate surface area is 197 Å². The first kappa shape index (κ1) is 21.6. The van der Waals surface area contributed by atoms with Crippen LogP contribution in [-0.2, 0) is 10.8 Å². The molecule has 0 unspecified atom stereocenters. The van der Waals surface area contributed by atoms with Crippen LogP contribution < -0.4 is 4.90 Å². The smallest absolute Gasteiger partial charge is 0.0464 e. The average molecular weight is 527 g/mol. The summed E-state index contributed by atoms with van der Waals surface area (Å²) in [6, 6.07) is 24.1. The zero-order valence-corrected chi connectivity index (χ0v) is 21.7. The Morgan fingerprint density at radius 3 is 1.40 bits per heavy atom. The topological polar surface area (TPSA) is 3.24 Å². The molecule has 0 aliphatic heterocycles. The molecule has 0 spiro atoms. The molecule has 0 bridgehead atoms. The van der Waals surface area contributed by atoms with E-state index in [-0.39, 0.29) is 16.2 Å². The number of hydrogen-bond donors (Lipinski definition) is 0. The van der Waals surface area contributed by atoms with Gasteiger partial charge in [-0.15, -0.1) is 0 Å². The lowest BCUT2D eigenvalue weighted by Gasteiger charge is -2.44. The third-order valence-electron chi connectivity index (χ3n) is 7.90. The number of fused-ring (bicyclic) bond motifs is 1. The van der Waals surface area contributed by atoms with Crippen molar-refractivity contribution in [1.82, 2.24) is 0 Å². The van der Waals surface area contributed by atoms with Crippen LogP contribution in [0.4, 0.5) is 17.1 Å². The molecule has 3 aromatic rings. The molecular formula is C27H29Br2N. The fraction of sp³-hybridized carbons (Fsp3) is 0.333. The molecule has 156 valence electrons. The highest BCUT2D eigenvalue weighted by atomic mass is 79.9. The van der Waals surface area contributed by atoms with E-state index >= 15 is 0 Å². The van der Waals surface area contributed by atoms with Gasteiger partial charge in [0.2, 0.25) is 0 Å². The molecule has 0 atom stereocenters. The van der Waals surface area contributed by atoms with Crippen LogP contribution in [0, 0.1) is 5.41 Å². The zero-order valence-electron chi connectivity index (χ0n) is 18.6. The van der Waals surface area contributed by atoms with Gasteiger partial charge in [-0.05, 0) is 88.0 Å². The van der Waals surface area contributed by atoms with Gasteiger partial charge in [0, 0.05) is 26.0 Å². The van der Waals surface area contributed by atoms with E-state index in [9.17, 15) is 0 Å². The minimum Gasteiger partial charge on any atom is -0.310 e. The molecule has 0 heterocycles. The summed E-state index contributed by atoms with van der Waals surface area (Å²) in [5.41, 5.74) is 6.75. The number of anilines is 3. The Bertz CT molecular complexity index is 1030. The highest BCUT2D eigenvalue weighted by Crippen LogP contribution is 2.62. The van der Waals surface area contributed by atoms with E-state index in [1.54, 1.807) is 0 Å². The van der Waals surface area contributed by atoms with E-state index in [4.69, 9.17) is 0 Å². The van der Waals surface area contributed by atoms with E-state index in [0.717, 1.165) is 20.3 Å². The lowest BCUT2D eigenvalue weighted by atomic mass is 9.59. The molecule has 0 amide bonds. The number of benzene rings is 3. The van der Waals surface area contributed by atoms with Crippen LogP contribution in [-0.4, -0.2) is 0 Å². The Kier molecular flexibility index (Phi) is 5.22. The fourth-order valence-electron chi connectivity index (χ4n) is 4.82. The van der Waals surface area contributed by atoms with Gasteiger partial charge in [-0.1, -0.05) is 79.5 Å². The van der Waals surface area contributed by atoms with Crippen LogP contribution in [0.1, 0.15) is 52.7 Å². The van der Waals surface area contributed by atoms with E-state index in [0.29, 0.717) is 0 Å². The van der Waals surface area contributed by atoms with E-state index in [1.165, 1.54) is 16.8 Å². The predicted molar refractivity (Wildman–Crippen MR) is 136 cm³/mol. The summed E-state index contributed by atoms with van der Waals surface area (Å²) < 4.78 is 2.17. The predicted octanol–water partition coefficient (Wildman–Crippen LogP) is 9.28. The number of nitrogens with zero attached hydrogens (tertiary/aromatic N) is 1.